The second kappa shape index (κ2) is 11.7. The molecule has 2 fully saturated rings. The van der Waals surface area contributed by atoms with Gasteiger partial charge in [0.05, 0.1) is 11.7 Å². The van der Waals surface area contributed by atoms with Crippen LogP contribution >= 0.6 is 0 Å². The summed E-state index contributed by atoms with van der Waals surface area (Å²) < 4.78 is 41.4. The third kappa shape index (κ3) is 5.88. The Morgan fingerprint density at radius 2 is 1.68 bits per heavy atom. The van der Waals surface area contributed by atoms with Gasteiger partial charge in [0.1, 0.15) is 12.4 Å². The summed E-state index contributed by atoms with van der Waals surface area (Å²) in [6.45, 7) is 5.26. The Hall–Kier alpha value is -2.64. The summed E-state index contributed by atoms with van der Waals surface area (Å²) in [5, 5.41) is 0. The molecule has 4 rings (SSSR count). The predicted octanol–water partition coefficient (Wildman–Crippen LogP) is 7.41. The van der Waals surface area contributed by atoms with Gasteiger partial charge in [0.25, 0.3) is 0 Å². The van der Waals surface area contributed by atoms with E-state index >= 15 is 4.39 Å². The summed E-state index contributed by atoms with van der Waals surface area (Å²) in [5.41, 5.74) is 1.33. The Labute approximate surface area is 202 Å². The first kappa shape index (κ1) is 24.5. The van der Waals surface area contributed by atoms with Crippen LogP contribution in [-0.4, -0.2) is 19.3 Å². The number of halogens is 2. The molecule has 0 bridgehead atoms. The number of benzene rings is 2. The Balaban J connectivity index is 1.41. The van der Waals surface area contributed by atoms with Crippen LogP contribution < -0.4 is 4.74 Å². The molecule has 0 amide bonds. The van der Waals surface area contributed by atoms with Crippen molar-refractivity contribution >= 4 is 0 Å². The van der Waals surface area contributed by atoms with Gasteiger partial charge in [-0.15, -0.1) is 0 Å². The lowest BCUT2D eigenvalue weighted by Gasteiger charge is -2.42. The lowest BCUT2D eigenvalue weighted by atomic mass is 9.65. The molecule has 4 heteroatoms. The van der Waals surface area contributed by atoms with Crippen molar-refractivity contribution in [3.63, 3.8) is 0 Å². The highest BCUT2D eigenvalue weighted by molar-refractivity contribution is 5.46. The molecule has 0 radical (unpaired) electrons. The van der Waals surface area contributed by atoms with Gasteiger partial charge in [-0.1, -0.05) is 30.1 Å². The molecule has 0 N–H and O–H groups in total. The van der Waals surface area contributed by atoms with E-state index in [4.69, 9.17) is 9.47 Å². The molecule has 2 aliphatic rings. The summed E-state index contributed by atoms with van der Waals surface area (Å²) >= 11 is 0. The van der Waals surface area contributed by atoms with Crippen LogP contribution in [0.5, 0.6) is 5.75 Å². The van der Waals surface area contributed by atoms with Crippen molar-refractivity contribution < 1.29 is 18.3 Å². The zero-order valence-corrected chi connectivity index (χ0v) is 20.2. The smallest absolute Gasteiger partial charge is 0.174 e. The zero-order chi connectivity index (χ0) is 23.9. The summed E-state index contributed by atoms with van der Waals surface area (Å²) in [6, 6.07) is 10.7. The SMILES string of the molecule is C/C=C/COc1ccc(C#Cc2ccc(C3CCC4CC(OCC)CCC4C3)c(F)c2F)cc1. The largest absolute Gasteiger partial charge is 0.490 e. The van der Waals surface area contributed by atoms with E-state index in [9.17, 15) is 4.39 Å². The molecule has 0 spiro atoms. The molecular formula is C30H34F2O2. The first-order valence-corrected chi connectivity index (χ1v) is 12.5. The predicted molar refractivity (Wildman–Crippen MR) is 132 cm³/mol. The van der Waals surface area contributed by atoms with Crippen molar-refractivity contribution in [2.75, 3.05) is 13.2 Å². The molecule has 0 saturated heterocycles. The maximum atomic E-state index is 15.1. The Bertz CT molecular complexity index is 1050. The fourth-order valence-electron chi connectivity index (χ4n) is 5.51. The van der Waals surface area contributed by atoms with E-state index in [0.717, 1.165) is 56.4 Å². The van der Waals surface area contributed by atoms with E-state index in [1.807, 2.05) is 50.3 Å². The topological polar surface area (TPSA) is 18.5 Å². The standard InChI is InChI=1S/C30H34F2O2/c1-3-5-18-34-26-14-7-21(8-15-26)6-9-22-13-17-28(30(32)29(22)31)25-11-10-24-20-27(33-4-2)16-12-23(24)19-25/h3,5,7-8,13-15,17,23-25,27H,4,10-12,16,18-20H2,1-2H3/b5-3+. The first-order chi connectivity index (χ1) is 16.6. The van der Waals surface area contributed by atoms with Crippen LogP contribution in [0.25, 0.3) is 0 Å². The normalized spacial score (nSPS) is 24.4. The molecule has 2 saturated carbocycles. The van der Waals surface area contributed by atoms with E-state index in [0.29, 0.717) is 30.1 Å². The van der Waals surface area contributed by atoms with Gasteiger partial charge in [-0.3, -0.25) is 0 Å². The minimum Gasteiger partial charge on any atom is -0.490 e. The number of allylic oxidation sites excluding steroid dienone is 1. The summed E-state index contributed by atoms with van der Waals surface area (Å²) in [6.07, 6.45) is 10.4. The molecule has 2 aliphatic carbocycles. The molecule has 2 nitrogen and oxygen atoms in total. The van der Waals surface area contributed by atoms with Crippen LogP contribution in [-0.2, 0) is 4.74 Å². The lowest BCUT2D eigenvalue weighted by Crippen LogP contribution is -2.34. The molecule has 0 aromatic heterocycles. The maximum absolute atomic E-state index is 15.1. The van der Waals surface area contributed by atoms with Crippen molar-refractivity contribution in [2.24, 2.45) is 11.8 Å². The molecule has 4 unspecified atom stereocenters. The van der Waals surface area contributed by atoms with Gasteiger partial charge in [0, 0.05) is 12.2 Å². The van der Waals surface area contributed by atoms with Gasteiger partial charge < -0.3 is 9.47 Å². The molecule has 2 aromatic rings. The highest BCUT2D eigenvalue weighted by atomic mass is 19.2. The molecule has 4 atom stereocenters. The van der Waals surface area contributed by atoms with Crippen molar-refractivity contribution in [1.29, 1.82) is 0 Å². The van der Waals surface area contributed by atoms with Gasteiger partial charge in [-0.05, 0) is 106 Å². The minimum absolute atomic E-state index is 0.0801. The monoisotopic (exact) mass is 464 g/mol. The third-order valence-electron chi connectivity index (χ3n) is 7.30. The minimum atomic E-state index is -0.835. The van der Waals surface area contributed by atoms with Crippen molar-refractivity contribution in [2.45, 2.75) is 64.4 Å². The number of hydrogen-bond acceptors (Lipinski definition) is 2. The number of fused-ring (bicyclic) bond motifs is 1. The molecular weight excluding hydrogens is 430 g/mol. The maximum Gasteiger partial charge on any atom is 0.174 e. The second-order valence-corrected chi connectivity index (χ2v) is 9.41. The molecule has 2 aromatic carbocycles. The molecule has 34 heavy (non-hydrogen) atoms. The molecule has 180 valence electrons. The van der Waals surface area contributed by atoms with Crippen LogP contribution in [0.3, 0.4) is 0 Å². The highest BCUT2D eigenvalue weighted by Gasteiger charge is 2.37. The van der Waals surface area contributed by atoms with Gasteiger partial charge in [0.2, 0.25) is 0 Å². The van der Waals surface area contributed by atoms with Crippen molar-refractivity contribution in [3.05, 3.63) is 76.9 Å². The van der Waals surface area contributed by atoms with Gasteiger partial charge in [-0.2, -0.15) is 0 Å². The van der Waals surface area contributed by atoms with Crippen LogP contribution in [0, 0.1) is 35.3 Å². The summed E-state index contributed by atoms with van der Waals surface area (Å²) in [5.74, 6) is 6.23. The lowest BCUT2D eigenvalue weighted by molar-refractivity contribution is -0.00970. The first-order valence-electron chi connectivity index (χ1n) is 12.5. The zero-order valence-electron chi connectivity index (χ0n) is 20.2. The highest BCUT2D eigenvalue weighted by Crippen LogP contribution is 2.47. The Morgan fingerprint density at radius 3 is 2.44 bits per heavy atom. The number of rotatable bonds is 6. The van der Waals surface area contributed by atoms with E-state index in [1.54, 1.807) is 12.1 Å². The summed E-state index contributed by atoms with van der Waals surface area (Å²) in [7, 11) is 0. The average molecular weight is 465 g/mol. The van der Waals surface area contributed by atoms with Crippen LogP contribution in [0.4, 0.5) is 8.78 Å². The number of ether oxygens (including phenoxy) is 2. The quantitative estimate of drug-likeness (QED) is 0.327. The van der Waals surface area contributed by atoms with E-state index < -0.39 is 11.6 Å². The Morgan fingerprint density at radius 1 is 0.912 bits per heavy atom. The fraction of sp³-hybridized carbons (Fsp3) is 0.467. The fourth-order valence-corrected chi connectivity index (χ4v) is 5.51. The van der Waals surface area contributed by atoms with E-state index in [-0.39, 0.29) is 11.5 Å². The van der Waals surface area contributed by atoms with Gasteiger partial charge in [0.15, 0.2) is 11.6 Å². The number of hydrogen-bond donors (Lipinski definition) is 0. The van der Waals surface area contributed by atoms with Crippen molar-refractivity contribution in [1.82, 2.24) is 0 Å². The molecule has 0 heterocycles. The van der Waals surface area contributed by atoms with Crippen LogP contribution in [0.15, 0.2) is 48.6 Å². The van der Waals surface area contributed by atoms with Crippen LogP contribution in [0.1, 0.15) is 75.0 Å². The van der Waals surface area contributed by atoms with E-state index in [2.05, 4.69) is 11.8 Å². The molecule has 0 aliphatic heterocycles. The van der Waals surface area contributed by atoms with Gasteiger partial charge >= 0.3 is 0 Å². The second-order valence-electron chi connectivity index (χ2n) is 9.41. The van der Waals surface area contributed by atoms with Gasteiger partial charge in [-0.25, -0.2) is 8.78 Å². The van der Waals surface area contributed by atoms with E-state index in [1.165, 1.54) is 0 Å². The average Bonchev–Trinajstić information content (AvgIpc) is 2.86. The third-order valence-corrected chi connectivity index (χ3v) is 7.30. The van der Waals surface area contributed by atoms with Crippen LogP contribution in [0.2, 0.25) is 0 Å². The van der Waals surface area contributed by atoms with Crippen molar-refractivity contribution in [3.8, 4) is 17.6 Å². The Kier molecular flexibility index (Phi) is 8.40. The summed E-state index contributed by atoms with van der Waals surface area (Å²) in [4.78, 5) is 0.